The highest BCUT2D eigenvalue weighted by Crippen LogP contribution is 2.21. The summed E-state index contributed by atoms with van der Waals surface area (Å²) in [4.78, 5) is 10.9. The predicted octanol–water partition coefficient (Wildman–Crippen LogP) is -0.574. The first-order valence-corrected chi connectivity index (χ1v) is 6.57. The van der Waals surface area contributed by atoms with Crippen molar-refractivity contribution in [3.8, 4) is 6.07 Å². The van der Waals surface area contributed by atoms with E-state index in [-0.39, 0.29) is 24.9 Å². The van der Waals surface area contributed by atoms with Gasteiger partial charge in [0.05, 0.1) is 6.07 Å². The van der Waals surface area contributed by atoms with Crippen LogP contribution in [-0.2, 0) is 14.8 Å². The summed E-state index contributed by atoms with van der Waals surface area (Å²) < 4.78 is 24.8. The van der Waals surface area contributed by atoms with E-state index in [4.69, 9.17) is 11.0 Å². The molecule has 0 spiro atoms. The first-order valence-electron chi connectivity index (χ1n) is 5.07. The maximum Gasteiger partial charge on any atom is 0.230 e. The summed E-state index contributed by atoms with van der Waals surface area (Å²) in [7, 11) is -3.54. The Morgan fingerprint density at radius 1 is 1.50 bits per heavy atom. The lowest BCUT2D eigenvalue weighted by Gasteiger charge is -2.30. The van der Waals surface area contributed by atoms with Crippen molar-refractivity contribution in [1.82, 2.24) is 4.31 Å². The predicted molar refractivity (Wildman–Crippen MR) is 57.5 cm³/mol. The zero-order valence-electron chi connectivity index (χ0n) is 9.09. The van der Waals surface area contributed by atoms with Crippen LogP contribution in [0.25, 0.3) is 0 Å². The second kappa shape index (κ2) is 4.80. The number of hydrogen-bond donors (Lipinski definition) is 1. The fourth-order valence-electron chi connectivity index (χ4n) is 1.69. The Labute approximate surface area is 95.1 Å². The minimum Gasteiger partial charge on any atom is -0.369 e. The third kappa shape index (κ3) is 2.51. The van der Waals surface area contributed by atoms with E-state index in [9.17, 15) is 13.2 Å². The number of nitrogens with two attached hydrogens (primary N) is 1. The third-order valence-electron chi connectivity index (χ3n) is 2.84. The van der Waals surface area contributed by atoms with Crippen LogP contribution in [0.4, 0.5) is 0 Å². The normalized spacial score (nSPS) is 21.2. The van der Waals surface area contributed by atoms with Crippen molar-refractivity contribution in [2.75, 3.05) is 13.1 Å². The Hall–Kier alpha value is -1.13. The summed E-state index contributed by atoms with van der Waals surface area (Å²) in [5, 5.41) is 7.57. The highest BCUT2D eigenvalue weighted by atomic mass is 32.2. The molecule has 1 aliphatic rings. The minimum absolute atomic E-state index is 0.246. The Balaban J connectivity index is 2.68. The molecule has 1 atom stereocenters. The quantitative estimate of drug-likeness (QED) is 0.718. The number of carbonyl (C=O) groups excluding carboxylic acids is 1. The molecule has 1 rings (SSSR count). The molecule has 0 aromatic rings. The number of nitrogens with zero attached hydrogens (tertiary/aromatic N) is 2. The van der Waals surface area contributed by atoms with Gasteiger partial charge in [0.15, 0.2) is 5.25 Å². The van der Waals surface area contributed by atoms with Gasteiger partial charge in [-0.2, -0.15) is 5.26 Å². The Bertz CT molecular complexity index is 404. The van der Waals surface area contributed by atoms with Crippen LogP contribution in [0.3, 0.4) is 0 Å². The number of primary amides is 1. The Kier molecular flexibility index (Phi) is 3.88. The Morgan fingerprint density at radius 3 is 2.38 bits per heavy atom. The van der Waals surface area contributed by atoms with E-state index >= 15 is 0 Å². The van der Waals surface area contributed by atoms with Crippen LogP contribution >= 0.6 is 0 Å². The zero-order valence-corrected chi connectivity index (χ0v) is 9.90. The van der Waals surface area contributed by atoms with Gasteiger partial charge in [-0.25, -0.2) is 12.7 Å². The van der Waals surface area contributed by atoms with Crippen molar-refractivity contribution in [3.63, 3.8) is 0 Å². The molecule has 0 radical (unpaired) electrons. The summed E-state index contributed by atoms with van der Waals surface area (Å²) >= 11 is 0. The van der Waals surface area contributed by atoms with Crippen LogP contribution in [0.5, 0.6) is 0 Å². The van der Waals surface area contributed by atoms with Crippen LogP contribution in [0.1, 0.15) is 19.8 Å². The average molecular weight is 245 g/mol. The van der Waals surface area contributed by atoms with Gasteiger partial charge in [-0.05, 0) is 19.8 Å². The molecule has 7 heteroatoms. The summed E-state index contributed by atoms with van der Waals surface area (Å²) in [6.07, 6.45) is 0.874. The highest BCUT2D eigenvalue weighted by molar-refractivity contribution is 7.89. The monoisotopic (exact) mass is 245 g/mol. The highest BCUT2D eigenvalue weighted by Gasteiger charge is 2.33. The van der Waals surface area contributed by atoms with Crippen molar-refractivity contribution in [2.45, 2.75) is 25.0 Å². The van der Waals surface area contributed by atoms with Gasteiger partial charge in [-0.1, -0.05) is 0 Å². The lowest BCUT2D eigenvalue weighted by Crippen LogP contribution is -2.44. The summed E-state index contributed by atoms with van der Waals surface area (Å²) in [6, 6.07) is 1.72. The van der Waals surface area contributed by atoms with E-state index in [0.29, 0.717) is 12.8 Å². The maximum atomic E-state index is 11.8. The van der Waals surface area contributed by atoms with Gasteiger partial charge >= 0.3 is 0 Å². The summed E-state index contributed by atoms with van der Waals surface area (Å²) in [6.45, 7) is 1.89. The van der Waals surface area contributed by atoms with Gasteiger partial charge in [0.25, 0.3) is 0 Å². The third-order valence-corrected chi connectivity index (χ3v) is 4.93. The van der Waals surface area contributed by atoms with E-state index in [0.717, 1.165) is 0 Å². The molecule has 90 valence electrons. The van der Waals surface area contributed by atoms with E-state index < -0.39 is 15.3 Å². The van der Waals surface area contributed by atoms with Crippen LogP contribution in [0, 0.1) is 17.2 Å². The van der Waals surface area contributed by atoms with E-state index in [1.807, 2.05) is 0 Å². The zero-order chi connectivity index (χ0) is 12.3. The molecule has 0 aromatic carbocycles. The molecular weight excluding hydrogens is 230 g/mol. The van der Waals surface area contributed by atoms with Gasteiger partial charge in [-0.15, -0.1) is 0 Å². The fraction of sp³-hybridized carbons (Fsp3) is 0.778. The van der Waals surface area contributed by atoms with Crippen molar-refractivity contribution >= 4 is 15.9 Å². The molecule has 1 fully saturated rings. The lowest BCUT2D eigenvalue weighted by molar-refractivity contribution is -0.122. The molecule has 16 heavy (non-hydrogen) atoms. The molecule has 2 N–H and O–H groups in total. The number of nitriles is 1. The topological polar surface area (TPSA) is 104 Å². The van der Waals surface area contributed by atoms with E-state index in [1.165, 1.54) is 11.2 Å². The number of rotatable bonds is 3. The second-order valence-corrected chi connectivity index (χ2v) is 6.15. The SMILES string of the molecule is CC(C#N)S(=O)(=O)N1CCC(C(N)=O)CC1. The standard InChI is InChI=1S/C9H15N3O3S/c1-7(6-10)16(14,15)12-4-2-8(3-5-12)9(11)13/h7-8H,2-5H2,1H3,(H2,11,13). The van der Waals surface area contributed by atoms with Gasteiger partial charge in [-0.3, -0.25) is 4.79 Å². The molecule has 1 aliphatic heterocycles. The van der Waals surface area contributed by atoms with Crippen LogP contribution in [0.2, 0.25) is 0 Å². The lowest BCUT2D eigenvalue weighted by atomic mass is 9.98. The smallest absolute Gasteiger partial charge is 0.230 e. The molecule has 0 bridgehead atoms. The first kappa shape index (κ1) is 12.9. The largest absolute Gasteiger partial charge is 0.369 e. The molecule has 0 aliphatic carbocycles. The van der Waals surface area contributed by atoms with E-state index in [1.54, 1.807) is 6.07 Å². The maximum absolute atomic E-state index is 11.8. The molecule has 1 amide bonds. The van der Waals surface area contributed by atoms with Crippen molar-refractivity contribution in [1.29, 1.82) is 5.26 Å². The van der Waals surface area contributed by atoms with Gasteiger partial charge < -0.3 is 5.73 Å². The number of piperidine rings is 1. The average Bonchev–Trinajstić information content (AvgIpc) is 2.28. The van der Waals surface area contributed by atoms with Crippen LogP contribution < -0.4 is 5.73 Å². The van der Waals surface area contributed by atoms with Gasteiger partial charge in [0.1, 0.15) is 0 Å². The number of sulfonamides is 1. The van der Waals surface area contributed by atoms with Crippen LogP contribution in [-0.4, -0.2) is 37.0 Å². The van der Waals surface area contributed by atoms with Crippen molar-refractivity contribution < 1.29 is 13.2 Å². The number of carbonyl (C=O) groups is 1. The fourth-order valence-corrected chi connectivity index (χ4v) is 2.99. The van der Waals surface area contributed by atoms with Crippen LogP contribution in [0.15, 0.2) is 0 Å². The number of hydrogen-bond acceptors (Lipinski definition) is 4. The molecular formula is C9H15N3O3S. The Morgan fingerprint density at radius 2 is 2.00 bits per heavy atom. The van der Waals surface area contributed by atoms with Gasteiger partial charge in [0.2, 0.25) is 15.9 Å². The van der Waals surface area contributed by atoms with Gasteiger partial charge in [0, 0.05) is 19.0 Å². The number of amides is 1. The second-order valence-electron chi connectivity index (χ2n) is 3.89. The van der Waals surface area contributed by atoms with E-state index in [2.05, 4.69) is 0 Å². The first-order chi connectivity index (χ1) is 7.39. The molecule has 0 aromatic heterocycles. The summed E-state index contributed by atoms with van der Waals surface area (Å²) in [5.74, 6) is -0.630. The molecule has 6 nitrogen and oxygen atoms in total. The summed E-state index contributed by atoms with van der Waals surface area (Å²) in [5.41, 5.74) is 5.15. The molecule has 1 saturated heterocycles. The molecule has 1 heterocycles. The van der Waals surface area contributed by atoms with Crippen molar-refractivity contribution in [3.05, 3.63) is 0 Å². The molecule has 1 unspecified atom stereocenters. The minimum atomic E-state index is -3.54. The van der Waals surface area contributed by atoms with Crippen molar-refractivity contribution in [2.24, 2.45) is 11.7 Å². The molecule has 0 saturated carbocycles.